The van der Waals surface area contributed by atoms with E-state index in [2.05, 4.69) is 15.9 Å². The fraction of sp³-hybridized carbons (Fsp3) is 1.00. The van der Waals surface area contributed by atoms with Gasteiger partial charge in [0.15, 0.2) is 0 Å². The van der Waals surface area contributed by atoms with Crippen molar-refractivity contribution in [3.8, 4) is 0 Å². The third kappa shape index (κ3) is 0.738. The van der Waals surface area contributed by atoms with Crippen molar-refractivity contribution in [1.29, 1.82) is 0 Å². The lowest BCUT2D eigenvalue weighted by atomic mass is 10.4. The van der Waals surface area contributed by atoms with Crippen LogP contribution in [-0.4, -0.2) is 16.0 Å². The van der Waals surface area contributed by atoms with Crippen LogP contribution in [0.4, 0.5) is 0 Å². The molecule has 1 fully saturated rings. The summed E-state index contributed by atoms with van der Waals surface area (Å²) in [5.74, 6) is 0. The van der Waals surface area contributed by atoms with Gasteiger partial charge in [-0.05, 0) is 12.8 Å². The van der Waals surface area contributed by atoms with E-state index in [1.807, 2.05) is 0 Å². The molecular weight excluding hydrogens is 144 g/mol. The van der Waals surface area contributed by atoms with Crippen molar-refractivity contribution in [3.05, 3.63) is 0 Å². The van der Waals surface area contributed by atoms with Crippen LogP contribution < -0.4 is 0 Å². The molecule has 1 nitrogen and oxygen atoms in total. The second-order valence-corrected chi connectivity index (χ2v) is 2.42. The first-order valence-electron chi connectivity index (χ1n) is 2.05. The number of hydrogen-bond acceptors (Lipinski definition) is 1. The van der Waals surface area contributed by atoms with E-state index in [-0.39, 0.29) is 5.60 Å². The average Bonchev–Trinajstić information content (AvgIpc) is 2.22. The van der Waals surface area contributed by atoms with Gasteiger partial charge in [0.05, 0.1) is 5.60 Å². The molecule has 0 heterocycles. The largest absolute Gasteiger partial charge is 0.389 e. The lowest BCUT2D eigenvalue weighted by molar-refractivity contribution is 0.178. The van der Waals surface area contributed by atoms with Gasteiger partial charge < -0.3 is 5.11 Å². The van der Waals surface area contributed by atoms with Gasteiger partial charge in [0.1, 0.15) is 0 Å². The van der Waals surface area contributed by atoms with Crippen LogP contribution >= 0.6 is 15.9 Å². The van der Waals surface area contributed by atoms with E-state index in [1.165, 1.54) is 0 Å². The van der Waals surface area contributed by atoms with Crippen molar-refractivity contribution in [3.63, 3.8) is 0 Å². The van der Waals surface area contributed by atoms with Crippen LogP contribution in [0.25, 0.3) is 0 Å². The van der Waals surface area contributed by atoms with E-state index >= 15 is 0 Å². The van der Waals surface area contributed by atoms with Gasteiger partial charge in [-0.1, -0.05) is 15.9 Å². The maximum Gasteiger partial charge on any atom is 0.0746 e. The van der Waals surface area contributed by atoms with Crippen LogP contribution in [0.1, 0.15) is 12.8 Å². The van der Waals surface area contributed by atoms with E-state index in [4.69, 9.17) is 5.11 Å². The zero-order valence-corrected chi connectivity index (χ0v) is 5.03. The van der Waals surface area contributed by atoms with Crippen LogP contribution in [0.15, 0.2) is 0 Å². The monoisotopic (exact) mass is 150 g/mol. The zero-order chi connectivity index (χ0) is 4.62. The fourth-order valence-electron chi connectivity index (χ4n) is 0.278. The molecule has 1 N–H and O–H groups in total. The number of rotatable bonds is 1. The Morgan fingerprint density at radius 1 is 1.67 bits per heavy atom. The first-order valence-corrected chi connectivity index (χ1v) is 3.17. The van der Waals surface area contributed by atoms with Gasteiger partial charge in [0.25, 0.3) is 0 Å². The normalized spacial score (nSPS) is 27.0. The van der Waals surface area contributed by atoms with Crippen molar-refractivity contribution in [2.24, 2.45) is 0 Å². The molecule has 0 spiro atoms. The van der Waals surface area contributed by atoms with Crippen molar-refractivity contribution in [2.75, 3.05) is 5.33 Å². The summed E-state index contributed by atoms with van der Waals surface area (Å²) >= 11 is 3.18. The summed E-state index contributed by atoms with van der Waals surface area (Å²) in [5, 5.41) is 9.64. The molecular formula is C4H7BrO. The van der Waals surface area contributed by atoms with Crippen molar-refractivity contribution in [2.45, 2.75) is 18.4 Å². The Morgan fingerprint density at radius 2 is 2.17 bits per heavy atom. The number of hydrogen-bond donors (Lipinski definition) is 1. The Balaban J connectivity index is 2.28. The van der Waals surface area contributed by atoms with Gasteiger partial charge in [0, 0.05) is 5.33 Å². The molecule has 1 rings (SSSR count). The van der Waals surface area contributed by atoms with E-state index in [9.17, 15) is 0 Å². The van der Waals surface area contributed by atoms with Crippen LogP contribution in [0.5, 0.6) is 0 Å². The summed E-state index contributed by atoms with van der Waals surface area (Å²) < 4.78 is 0. The van der Waals surface area contributed by atoms with E-state index < -0.39 is 0 Å². The highest BCUT2D eigenvalue weighted by molar-refractivity contribution is 9.09. The first-order chi connectivity index (χ1) is 2.77. The SMILES string of the molecule is OC1(CBr)CC1. The number of aliphatic hydroxyl groups is 1. The molecule has 0 bridgehead atoms. The number of halogens is 1. The van der Waals surface area contributed by atoms with Crippen molar-refractivity contribution >= 4 is 15.9 Å². The molecule has 0 atom stereocenters. The summed E-state index contributed by atoms with van der Waals surface area (Å²) in [6, 6.07) is 0. The summed E-state index contributed by atoms with van der Waals surface area (Å²) in [4.78, 5) is 0. The topological polar surface area (TPSA) is 20.2 Å². The zero-order valence-electron chi connectivity index (χ0n) is 3.45. The Bertz CT molecular complexity index is 58.6. The van der Waals surface area contributed by atoms with Crippen LogP contribution in [-0.2, 0) is 0 Å². The lowest BCUT2D eigenvalue weighted by Gasteiger charge is -1.94. The molecule has 6 heavy (non-hydrogen) atoms. The molecule has 36 valence electrons. The van der Waals surface area contributed by atoms with E-state index in [0.29, 0.717) is 0 Å². The molecule has 1 aliphatic rings. The predicted octanol–water partition coefficient (Wildman–Crippen LogP) is 0.906. The van der Waals surface area contributed by atoms with Gasteiger partial charge in [-0.2, -0.15) is 0 Å². The highest BCUT2D eigenvalue weighted by atomic mass is 79.9. The quantitative estimate of drug-likeness (QED) is 0.552. The fourth-order valence-corrected chi connectivity index (χ4v) is 0.839. The first kappa shape index (κ1) is 4.60. The van der Waals surface area contributed by atoms with Crippen LogP contribution in [0.2, 0.25) is 0 Å². The number of alkyl halides is 1. The second-order valence-electron chi connectivity index (χ2n) is 1.86. The Kier molecular flexibility index (Phi) is 0.922. The highest BCUT2D eigenvalue weighted by Gasteiger charge is 2.38. The molecule has 2 heteroatoms. The minimum atomic E-state index is -0.292. The van der Waals surface area contributed by atoms with Gasteiger partial charge in [-0.3, -0.25) is 0 Å². The molecule has 0 radical (unpaired) electrons. The van der Waals surface area contributed by atoms with Gasteiger partial charge >= 0.3 is 0 Å². The highest BCUT2D eigenvalue weighted by Crippen LogP contribution is 2.36. The molecule has 0 aromatic carbocycles. The molecule has 0 saturated heterocycles. The Morgan fingerprint density at radius 3 is 2.17 bits per heavy atom. The summed E-state index contributed by atoms with van der Waals surface area (Å²) in [6.45, 7) is 0. The minimum Gasteiger partial charge on any atom is -0.389 e. The lowest BCUT2D eigenvalue weighted by Crippen LogP contribution is -2.06. The Hall–Kier alpha value is 0.440. The summed E-state index contributed by atoms with van der Waals surface area (Å²) in [5.41, 5.74) is -0.292. The van der Waals surface area contributed by atoms with Crippen LogP contribution in [0.3, 0.4) is 0 Å². The molecule has 0 aromatic rings. The average molecular weight is 151 g/mol. The predicted molar refractivity (Wildman–Crippen MR) is 28.0 cm³/mol. The minimum absolute atomic E-state index is 0.292. The van der Waals surface area contributed by atoms with E-state index in [0.717, 1.165) is 18.2 Å². The molecule has 1 saturated carbocycles. The smallest absolute Gasteiger partial charge is 0.0746 e. The van der Waals surface area contributed by atoms with E-state index in [1.54, 1.807) is 0 Å². The van der Waals surface area contributed by atoms with Crippen LogP contribution in [0, 0.1) is 0 Å². The van der Waals surface area contributed by atoms with Crippen molar-refractivity contribution < 1.29 is 5.11 Å². The molecule has 0 aliphatic heterocycles. The molecule has 0 aromatic heterocycles. The standard InChI is InChI=1S/C4H7BrO/c5-3-4(6)1-2-4/h6H,1-3H2. The summed E-state index contributed by atoms with van der Waals surface area (Å²) in [6.07, 6.45) is 1.97. The Labute approximate surface area is 45.5 Å². The molecule has 0 amide bonds. The van der Waals surface area contributed by atoms with Gasteiger partial charge in [0.2, 0.25) is 0 Å². The third-order valence-electron chi connectivity index (χ3n) is 1.08. The maximum atomic E-state index is 8.89. The van der Waals surface area contributed by atoms with Gasteiger partial charge in [-0.25, -0.2) is 0 Å². The third-order valence-corrected chi connectivity index (χ3v) is 2.12. The second kappa shape index (κ2) is 1.20. The van der Waals surface area contributed by atoms with Gasteiger partial charge in [-0.15, -0.1) is 0 Å². The molecule has 0 unspecified atom stereocenters. The maximum absolute atomic E-state index is 8.89. The van der Waals surface area contributed by atoms with Crippen molar-refractivity contribution in [1.82, 2.24) is 0 Å². The summed E-state index contributed by atoms with van der Waals surface area (Å²) in [7, 11) is 0. The molecule has 1 aliphatic carbocycles.